The lowest BCUT2D eigenvalue weighted by Crippen LogP contribution is -2.12. The van der Waals surface area contributed by atoms with Crippen LogP contribution in [0.3, 0.4) is 0 Å². The molecule has 21 heavy (non-hydrogen) atoms. The maximum absolute atomic E-state index is 2.36. The summed E-state index contributed by atoms with van der Waals surface area (Å²) in [6.45, 7) is 21.1. The normalized spacial score (nSPS) is 12.0. The Balaban J connectivity index is 3.49. The second-order valence-electron chi connectivity index (χ2n) is 8.10. The van der Waals surface area contributed by atoms with E-state index in [9.17, 15) is 0 Å². The molecular weight excluding hydrogens is 252 g/mol. The Morgan fingerprint density at radius 2 is 0.667 bits per heavy atom. The Hall–Kier alpha value is -0.780. The van der Waals surface area contributed by atoms with Crippen molar-refractivity contribution in [1.29, 1.82) is 0 Å². The van der Waals surface area contributed by atoms with Crippen molar-refractivity contribution in [2.45, 2.75) is 81.6 Å². The minimum absolute atomic E-state index is 0.726. The highest BCUT2D eigenvalue weighted by Gasteiger charge is 2.18. The van der Waals surface area contributed by atoms with Crippen LogP contribution >= 0.6 is 0 Å². The van der Waals surface area contributed by atoms with E-state index in [0.717, 1.165) is 17.8 Å². The minimum atomic E-state index is 0.726. The van der Waals surface area contributed by atoms with Crippen molar-refractivity contribution in [3.8, 4) is 0 Å². The average molecular weight is 289 g/mol. The molecule has 0 aromatic heterocycles. The maximum Gasteiger partial charge on any atom is -0.0250 e. The molecule has 0 bridgehead atoms. The van der Waals surface area contributed by atoms with Crippen LogP contribution in [0, 0.1) is 38.5 Å². The molecule has 0 nitrogen and oxygen atoms in total. The predicted octanol–water partition coefficient (Wildman–Crippen LogP) is 6.21. The molecule has 0 aliphatic rings. The molecule has 0 aliphatic carbocycles. The van der Waals surface area contributed by atoms with Crippen molar-refractivity contribution in [1.82, 2.24) is 0 Å². The minimum Gasteiger partial charge on any atom is -0.0625 e. The SMILES string of the molecule is Cc1c(CC(C)C)c(C)c(CC(C)C)c(C)c1CC(C)C. The maximum atomic E-state index is 2.36. The van der Waals surface area contributed by atoms with E-state index in [1.54, 1.807) is 33.4 Å². The van der Waals surface area contributed by atoms with E-state index in [4.69, 9.17) is 0 Å². The number of benzene rings is 1. The van der Waals surface area contributed by atoms with E-state index < -0.39 is 0 Å². The zero-order valence-corrected chi connectivity index (χ0v) is 15.9. The first-order valence-electron chi connectivity index (χ1n) is 8.75. The number of hydrogen-bond acceptors (Lipinski definition) is 0. The standard InChI is InChI=1S/C21H36/c1-13(2)10-19-16(7)20(11-14(3)4)18(9)21(17(19)8)12-15(5)6/h13-15H,10-12H2,1-9H3. The van der Waals surface area contributed by atoms with E-state index >= 15 is 0 Å². The summed E-state index contributed by atoms with van der Waals surface area (Å²) in [6.07, 6.45) is 3.65. The highest BCUT2D eigenvalue weighted by Crippen LogP contribution is 2.32. The molecule has 0 saturated heterocycles. The van der Waals surface area contributed by atoms with Crippen molar-refractivity contribution in [3.63, 3.8) is 0 Å². The highest BCUT2D eigenvalue weighted by atomic mass is 14.2. The Bertz CT molecular complexity index is 383. The molecule has 1 aromatic carbocycles. The first kappa shape index (κ1) is 18.3. The summed E-state index contributed by atoms with van der Waals surface area (Å²) in [5.41, 5.74) is 9.59. The van der Waals surface area contributed by atoms with Gasteiger partial charge in [-0.1, -0.05) is 41.5 Å². The van der Waals surface area contributed by atoms with Gasteiger partial charge in [-0.3, -0.25) is 0 Å². The molecule has 0 saturated carbocycles. The Labute approximate surface area is 133 Å². The smallest absolute Gasteiger partial charge is 0.0250 e. The van der Waals surface area contributed by atoms with Gasteiger partial charge in [0.15, 0.2) is 0 Å². The lowest BCUT2D eigenvalue weighted by molar-refractivity contribution is 0.613. The third kappa shape index (κ3) is 4.59. The van der Waals surface area contributed by atoms with Crippen LogP contribution in [0.1, 0.15) is 74.9 Å². The summed E-state index contributed by atoms with van der Waals surface area (Å²) in [4.78, 5) is 0. The molecule has 0 fully saturated rings. The molecular formula is C21H36. The molecule has 0 radical (unpaired) electrons. The first-order chi connectivity index (χ1) is 9.65. The van der Waals surface area contributed by atoms with Crippen molar-refractivity contribution in [2.75, 3.05) is 0 Å². The lowest BCUT2D eigenvalue weighted by atomic mass is 9.80. The third-order valence-corrected chi connectivity index (χ3v) is 4.55. The van der Waals surface area contributed by atoms with E-state index in [-0.39, 0.29) is 0 Å². The fraction of sp³-hybridized carbons (Fsp3) is 0.714. The van der Waals surface area contributed by atoms with Gasteiger partial charge in [0.1, 0.15) is 0 Å². The molecule has 1 rings (SSSR count). The largest absolute Gasteiger partial charge is 0.0625 e. The fourth-order valence-corrected chi connectivity index (χ4v) is 3.53. The molecule has 0 unspecified atom stereocenters. The Kier molecular flexibility index (Phi) is 6.50. The van der Waals surface area contributed by atoms with E-state index in [1.165, 1.54) is 19.3 Å². The Morgan fingerprint density at radius 3 is 0.810 bits per heavy atom. The van der Waals surface area contributed by atoms with Crippen molar-refractivity contribution >= 4 is 0 Å². The number of hydrogen-bond donors (Lipinski definition) is 0. The molecule has 0 atom stereocenters. The summed E-state index contributed by atoms with van der Waals surface area (Å²) in [7, 11) is 0. The summed E-state index contributed by atoms with van der Waals surface area (Å²) in [6, 6.07) is 0. The fourth-order valence-electron chi connectivity index (χ4n) is 3.53. The van der Waals surface area contributed by atoms with Crippen LogP contribution in [0.4, 0.5) is 0 Å². The van der Waals surface area contributed by atoms with Crippen LogP contribution in [-0.4, -0.2) is 0 Å². The van der Waals surface area contributed by atoms with Gasteiger partial charge in [-0.25, -0.2) is 0 Å². The van der Waals surface area contributed by atoms with Gasteiger partial charge in [-0.05, 0) is 91.2 Å². The van der Waals surface area contributed by atoms with Gasteiger partial charge >= 0.3 is 0 Å². The molecule has 0 aliphatic heterocycles. The molecule has 0 heteroatoms. The molecule has 0 N–H and O–H groups in total. The van der Waals surface area contributed by atoms with Gasteiger partial charge < -0.3 is 0 Å². The lowest BCUT2D eigenvalue weighted by Gasteiger charge is -2.25. The topological polar surface area (TPSA) is 0 Å². The Morgan fingerprint density at radius 1 is 0.476 bits per heavy atom. The summed E-state index contributed by atoms with van der Waals surface area (Å²) in [5, 5.41) is 0. The van der Waals surface area contributed by atoms with E-state index in [2.05, 4.69) is 62.3 Å². The first-order valence-corrected chi connectivity index (χ1v) is 8.75. The van der Waals surface area contributed by atoms with Crippen LogP contribution in [0.5, 0.6) is 0 Å². The molecule has 0 spiro atoms. The van der Waals surface area contributed by atoms with Crippen molar-refractivity contribution in [2.24, 2.45) is 17.8 Å². The van der Waals surface area contributed by atoms with Crippen LogP contribution in [-0.2, 0) is 19.3 Å². The average Bonchev–Trinajstić information content (AvgIpc) is 2.35. The highest BCUT2D eigenvalue weighted by molar-refractivity contribution is 5.51. The van der Waals surface area contributed by atoms with Gasteiger partial charge in [0.2, 0.25) is 0 Å². The van der Waals surface area contributed by atoms with E-state index in [0.29, 0.717) is 0 Å². The van der Waals surface area contributed by atoms with Crippen LogP contribution < -0.4 is 0 Å². The second kappa shape index (κ2) is 7.47. The summed E-state index contributed by atoms with van der Waals surface area (Å²) >= 11 is 0. The van der Waals surface area contributed by atoms with Gasteiger partial charge in [-0.2, -0.15) is 0 Å². The molecule has 1 aromatic rings. The zero-order chi connectivity index (χ0) is 16.3. The quantitative estimate of drug-likeness (QED) is 0.584. The number of rotatable bonds is 6. The third-order valence-electron chi connectivity index (χ3n) is 4.55. The van der Waals surface area contributed by atoms with E-state index in [1.807, 2.05) is 0 Å². The molecule has 120 valence electrons. The van der Waals surface area contributed by atoms with Crippen molar-refractivity contribution < 1.29 is 0 Å². The van der Waals surface area contributed by atoms with Crippen LogP contribution in [0.25, 0.3) is 0 Å². The van der Waals surface area contributed by atoms with Gasteiger partial charge in [0.05, 0.1) is 0 Å². The monoisotopic (exact) mass is 288 g/mol. The van der Waals surface area contributed by atoms with Gasteiger partial charge in [0.25, 0.3) is 0 Å². The molecule has 0 heterocycles. The second-order valence-corrected chi connectivity index (χ2v) is 8.10. The zero-order valence-electron chi connectivity index (χ0n) is 15.9. The van der Waals surface area contributed by atoms with Gasteiger partial charge in [0, 0.05) is 0 Å². The summed E-state index contributed by atoms with van der Waals surface area (Å²) in [5.74, 6) is 2.18. The summed E-state index contributed by atoms with van der Waals surface area (Å²) < 4.78 is 0. The van der Waals surface area contributed by atoms with Crippen LogP contribution in [0.2, 0.25) is 0 Å². The predicted molar refractivity (Wildman–Crippen MR) is 96.3 cm³/mol. The van der Waals surface area contributed by atoms with Gasteiger partial charge in [-0.15, -0.1) is 0 Å². The molecule has 0 amide bonds. The van der Waals surface area contributed by atoms with Crippen LogP contribution in [0.15, 0.2) is 0 Å². The van der Waals surface area contributed by atoms with Crippen molar-refractivity contribution in [3.05, 3.63) is 33.4 Å².